The van der Waals surface area contributed by atoms with Crippen molar-refractivity contribution in [3.05, 3.63) is 0 Å². The monoisotopic (exact) mass is 276 g/mol. The van der Waals surface area contributed by atoms with Gasteiger partial charge in [0.15, 0.2) is 0 Å². The SMILES string of the molecule is CCCCCCOC(=O)OCC(Cl)(Cl)Cl. The van der Waals surface area contributed by atoms with Crippen LogP contribution in [0.4, 0.5) is 4.79 Å². The van der Waals surface area contributed by atoms with Crippen molar-refractivity contribution in [2.24, 2.45) is 0 Å². The van der Waals surface area contributed by atoms with E-state index in [1.807, 2.05) is 0 Å². The van der Waals surface area contributed by atoms with Crippen LogP contribution in [-0.4, -0.2) is 23.2 Å². The Morgan fingerprint density at radius 2 is 1.80 bits per heavy atom. The van der Waals surface area contributed by atoms with E-state index in [0.29, 0.717) is 6.61 Å². The topological polar surface area (TPSA) is 35.5 Å². The third kappa shape index (κ3) is 12.1. The molecule has 0 aliphatic rings. The fourth-order valence-corrected chi connectivity index (χ4v) is 1.03. The quantitative estimate of drug-likeness (QED) is 0.417. The van der Waals surface area contributed by atoms with Gasteiger partial charge in [0.05, 0.1) is 6.61 Å². The first-order valence-corrected chi connectivity index (χ1v) is 5.95. The highest BCUT2D eigenvalue weighted by Crippen LogP contribution is 2.25. The fourth-order valence-electron chi connectivity index (χ4n) is 0.867. The number of hydrogen-bond donors (Lipinski definition) is 0. The highest BCUT2D eigenvalue weighted by Gasteiger charge is 2.22. The zero-order chi connectivity index (χ0) is 11.7. The second-order valence-electron chi connectivity index (χ2n) is 3.06. The van der Waals surface area contributed by atoms with Crippen molar-refractivity contribution >= 4 is 41.0 Å². The molecule has 0 atom stereocenters. The number of halogens is 3. The van der Waals surface area contributed by atoms with Crippen LogP contribution in [0.1, 0.15) is 32.6 Å². The molecule has 0 saturated heterocycles. The number of carbonyl (C=O) groups excluding carboxylic acids is 1. The van der Waals surface area contributed by atoms with Crippen molar-refractivity contribution in [2.75, 3.05) is 13.2 Å². The largest absolute Gasteiger partial charge is 0.508 e. The third-order valence-electron chi connectivity index (χ3n) is 1.57. The number of carbonyl (C=O) groups is 1. The lowest BCUT2D eigenvalue weighted by Gasteiger charge is -2.11. The van der Waals surface area contributed by atoms with Crippen LogP contribution in [0, 0.1) is 0 Å². The molecule has 15 heavy (non-hydrogen) atoms. The molecule has 0 radical (unpaired) electrons. The molecule has 0 rings (SSSR count). The molecule has 0 heterocycles. The van der Waals surface area contributed by atoms with Gasteiger partial charge in [0.25, 0.3) is 0 Å². The zero-order valence-corrected chi connectivity index (χ0v) is 10.9. The summed E-state index contributed by atoms with van der Waals surface area (Å²) >= 11 is 16.1. The van der Waals surface area contributed by atoms with Gasteiger partial charge in [-0.1, -0.05) is 61.0 Å². The van der Waals surface area contributed by atoms with E-state index in [2.05, 4.69) is 11.7 Å². The molecule has 6 heteroatoms. The number of unbranched alkanes of at least 4 members (excludes halogenated alkanes) is 3. The van der Waals surface area contributed by atoms with Gasteiger partial charge in [-0.3, -0.25) is 0 Å². The molecule has 3 nitrogen and oxygen atoms in total. The van der Waals surface area contributed by atoms with Gasteiger partial charge in [0.2, 0.25) is 3.79 Å². The van der Waals surface area contributed by atoms with Gasteiger partial charge in [-0.05, 0) is 6.42 Å². The van der Waals surface area contributed by atoms with E-state index in [4.69, 9.17) is 39.5 Å². The summed E-state index contributed by atoms with van der Waals surface area (Å²) < 4.78 is 7.72. The van der Waals surface area contributed by atoms with Crippen molar-refractivity contribution < 1.29 is 14.3 Å². The molecular weight excluding hydrogens is 262 g/mol. The van der Waals surface area contributed by atoms with E-state index in [9.17, 15) is 4.79 Å². The smallest absolute Gasteiger partial charge is 0.434 e. The summed E-state index contributed by atoms with van der Waals surface area (Å²) in [5, 5.41) is 0. The Hall–Kier alpha value is 0.140. The Bertz CT molecular complexity index is 180. The summed E-state index contributed by atoms with van der Waals surface area (Å²) in [6.07, 6.45) is 3.34. The van der Waals surface area contributed by atoms with E-state index >= 15 is 0 Å². The van der Waals surface area contributed by atoms with Gasteiger partial charge in [-0.2, -0.15) is 0 Å². The molecule has 0 aromatic heterocycles. The molecule has 0 fully saturated rings. The molecule has 0 unspecified atom stereocenters. The van der Waals surface area contributed by atoms with Crippen LogP contribution in [0.15, 0.2) is 0 Å². The average Bonchev–Trinajstić information content (AvgIpc) is 2.13. The molecule has 0 aromatic carbocycles. The Morgan fingerprint density at radius 1 is 1.13 bits per heavy atom. The highest BCUT2D eigenvalue weighted by atomic mass is 35.6. The maximum atomic E-state index is 10.9. The zero-order valence-electron chi connectivity index (χ0n) is 8.60. The fraction of sp³-hybridized carbons (Fsp3) is 0.889. The van der Waals surface area contributed by atoms with Crippen molar-refractivity contribution in [3.63, 3.8) is 0 Å². The lowest BCUT2D eigenvalue weighted by atomic mass is 10.2. The third-order valence-corrected chi connectivity index (χ3v) is 1.90. The molecule has 0 N–H and O–H groups in total. The molecule has 0 amide bonds. The van der Waals surface area contributed by atoms with E-state index in [0.717, 1.165) is 25.7 Å². The number of hydrogen-bond acceptors (Lipinski definition) is 3. The summed E-state index contributed by atoms with van der Waals surface area (Å²) in [6.45, 7) is 2.15. The second-order valence-corrected chi connectivity index (χ2v) is 5.58. The Labute approximate surface area is 105 Å². The average molecular weight is 278 g/mol. The Balaban J connectivity index is 3.34. The maximum absolute atomic E-state index is 10.9. The van der Waals surface area contributed by atoms with E-state index in [1.165, 1.54) is 0 Å². The van der Waals surface area contributed by atoms with Crippen LogP contribution in [0.3, 0.4) is 0 Å². The Morgan fingerprint density at radius 3 is 2.33 bits per heavy atom. The van der Waals surface area contributed by atoms with Crippen LogP contribution < -0.4 is 0 Å². The summed E-state index contributed by atoms with van der Waals surface area (Å²) in [5.74, 6) is 0. The minimum absolute atomic E-state index is 0.300. The normalized spacial score (nSPS) is 11.2. The van der Waals surface area contributed by atoms with Gasteiger partial charge in [0, 0.05) is 0 Å². The van der Waals surface area contributed by atoms with E-state index < -0.39 is 9.95 Å². The Kier molecular flexibility index (Phi) is 8.39. The molecule has 0 aliphatic heterocycles. The van der Waals surface area contributed by atoms with Gasteiger partial charge in [-0.15, -0.1) is 0 Å². The lowest BCUT2D eigenvalue weighted by molar-refractivity contribution is 0.0554. The first-order chi connectivity index (χ1) is 6.95. The standard InChI is InChI=1S/C9H15Cl3O3/c1-2-3-4-5-6-14-8(13)15-7-9(10,11)12/h2-7H2,1H3. The van der Waals surface area contributed by atoms with Gasteiger partial charge in [0.1, 0.15) is 6.61 Å². The molecular formula is C9H15Cl3O3. The molecule has 90 valence electrons. The minimum atomic E-state index is -1.58. The highest BCUT2D eigenvalue weighted by molar-refractivity contribution is 6.67. The van der Waals surface area contributed by atoms with Crippen LogP contribution >= 0.6 is 34.8 Å². The van der Waals surface area contributed by atoms with Crippen molar-refractivity contribution in [3.8, 4) is 0 Å². The van der Waals surface area contributed by atoms with Gasteiger partial charge >= 0.3 is 6.16 Å². The molecule has 0 aliphatic carbocycles. The van der Waals surface area contributed by atoms with Crippen molar-refractivity contribution in [1.82, 2.24) is 0 Å². The van der Waals surface area contributed by atoms with Crippen LogP contribution in [0.5, 0.6) is 0 Å². The predicted octanol–water partition coefficient (Wildman–Crippen LogP) is 4.09. The lowest BCUT2D eigenvalue weighted by Crippen LogP contribution is -2.18. The van der Waals surface area contributed by atoms with E-state index in [-0.39, 0.29) is 6.61 Å². The van der Waals surface area contributed by atoms with Crippen LogP contribution in [-0.2, 0) is 9.47 Å². The molecule has 0 aromatic rings. The second kappa shape index (κ2) is 8.31. The molecule has 0 saturated carbocycles. The van der Waals surface area contributed by atoms with Gasteiger partial charge < -0.3 is 9.47 Å². The van der Waals surface area contributed by atoms with Crippen molar-refractivity contribution in [1.29, 1.82) is 0 Å². The summed E-state index contributed by atoms with van der Waals surface area (Å²) in [6, 6.07) is 0. The maximum Gasteiger partial charge on any atom is 0.508 e. The van der Waals surface area contributed by atoms with E-state index in [1.54, 1.807) is 0 Å². The summed E-state index contributed by atoms with van der Waals surface area (Å²) in [4.78, 5) is 10.9. The molecule has 0 spiro atoms. The first kappa shape index (κ1) is 15.1. The molecule has 0 bridgehead atoms. The van der Waals surface area contributed by atoms with Crippen LogP contribution in [0.2, 0.25) is 0 Å². The van der Waals surface area contributed by atoms with Gasteiger partial charge in [-0.25, -0.2) is 4.79 Å². The van der Waals surface area contributed by atoms with Crippen molar-refractivity contribution in [2.45, 2.75) is 36.4 Å². The van der Waals surface area contributed by atoms with Crippen LogP contribution in [0.25, 0.3) is 0 Å². The number of alkyl halides is 3. The summed E-state index contributed by atoms with van der Waals surface area (Å²) in [7, 11) is 0. The minimum Gasteiger partial charge on any atom is -0.434 e. The number of ether oxygens (including phenoxy) is 2. The predicted molar refractivity (Wildman–Crippen MR) is 61.7 cm³/mol. The summed E-state index contributed by atoms with van der Waals surface area (Å²) in [5.41, 5.74) is 0. The first-order valence-electron chi connectivity index (χ1n) is 4.82. The number of rotatable bonds is 6.